The maximum absolute atomic E-state index is 13.3. The number of likely N-dealkylation sites (tertiary alicyclic amines) is 1. The van der Waals surface area contributed by atoms with Crippen LogP contribution in [0.4, 0.5) is 14.9 Å². The van der Waals surface area contributed by atoms with Crippen LogP contribution in [0.1, 0.15) is 18.4 Å². The van der Waals surface area contributed by atoms with Crippen molar-refractivity contribution in [3.63, 3.8) is 0 Å². The Morgan fingerprint density at radius 2 is 2.12 bits per heavy atom. The van der Waals surface area contributed by atoms with Crippen LogP contribution in [0.2, 0.25) is 0 Å². The zero-order valence-corrected chi connectivity index (χ0v) is 14.3. The molecule has 1 atom stereocenters. The molecule has 2 aliphatic heterocycles. The van der Waals surface area contributed by atoms with E-state index in [0.717, 1.165) is 58.8 Å². The summed E-state index contributed by atoms with van der Waals surface area (Å²) in [6.07, 6.45) is 2.20. The zero-order valence-electron chi connectivity index (χ0n) is 14.3. The molecule has 1 N–H and O–H groups in total. The van der Waals surface area contributed by atoms with Gasteiger partial charge in [0.15, 0.2) is 0 Å². The number of morpholine rings is 1. The van der Waals surface area contributed by atoms with E-state index >= 15 is 0 Å². The van der Waals surface area contributed by atoms with Gasteiger partial charge < -0.3 is 15.0 Å². The number of benzene rings is 1. The highest BCUT2D eigenvalue weighted by atomic mass is 19.1. The number of hydrogen-bond donors (Lipinski definition) is 1. The molecule has 2 fully saturated rings. The second-order valence-electron chi connectivity index (χ2n) is 6.76. The smallest absolute Gasteiger partial charge is 0.321 e. The average Bonchev–Trinajstić information content (AvgIpc) is 2.59. The van der Waals surface area contributed by atoms with Gasteiger partial charge in [-0.2, -0.15) is 0 Å². The fraction of sp³-hybridized carbons (Fsp3) is 0.611. The first-order valence-electron chi connectivity index (χ1n) is 8.74. The van der Waals surface area contributed by atoms with E-state index in [1.807, 2.05) is 4.90 Å². The van der Waals surface area contributed by atoms with Crippen molar-refractivity contribution in [3.05, 3.63) is 29.6 Å². The van der Waals surface area contributed by atoms with Gasteiger partial charge in [-0.25, -0.2) is 9.18 Å². The molecule has 5 nitrogen and oxygen atoms in total. The van der Waals surface area contributed by atoms with E-state index < -0.39 is 0 Å². The number of halogens is 1. The number of urea groups is 1. The van der Waals surface area contributed by atoms with Crippen molar-refractivity contribution in [1.29, 1.82) is 0 Å². The Kier molecular flexibility index (Phi) is 5.68. The molecule has 0 aliphatic carbocycles. The van der Waals surface area contributed by atoms with Crippen molar-refractivity contribution in [3.8, 4) is 0 Å². The van der Waals surface area contributed by atoms with Gasteiger partial charge in [-0.1, -0.05) is 0 Å². The second-order valence-corrected chi connectivity index (χ2v) is 6.76. The van der Waals surface area contributed by atoms with Gasteiger partial charge >= 0.3 is 6.03 Å². The number of carbonyl (C=O) groups excluding carboxylic acids is 1. The van der Waals surface area contributed by atoms with E-state index in [-0.39, 0.29) is 11.8 Å². The van der Waals surface area contributed by atoms with Gasteiger partial charge in [0.25, 0.3) is 0 Å². The van der Waals surface area contributed by atoms with Gasteiger partial charge in [-0.3, -0.25) is 4.90 Å². The van der Waals surface area contributed by atoms with Crippen LogP contribution in [0.25, 0.3) is 0 Å². The molecule has 2 heterocycles. The lowest BCUT2D eigenvalue weighted by Crippen LogP contribution is -2.47. The monoisotopic (exact) mass is 335 g/mol. The van der Waals surface area contributed by atoms with Crippen LogP contribution in [0.5, 0.6) is 0 Å². The van der Waals surface area contributed by atoms with Crippen LogP contribution in [-0.2, 0) is 4.74 Å². The first-order chi connectivity index (χ1) is 11.6. The maximum Gasteiger partial charge on any atom is 0.321 e. The lowest BCUT2D eigenvalue weighted by Gasteiger charge is -2.36. The third-order valence-electron chi connectivity index (χ3n) is 4.84. The first kappa shape index (κ1) is 17.2. The molecule has 2 aliphatic rings. The summed E-state index contributed by atoms with van der Waals surface area (Å²) in [7, 11) is 0. The van der Waals surface area contributed by atoms with Crippen molar-refractivity contribution in [1.82, 2.24) is 9.80 Å². The summed E-state index contributed by atoms with van der Waals surface area (Å²) in [6.45, 7) is 7.87. The standard InChI is InChI=1S/C18H26FN3O2/c1-14-11-16(4-5-17(14)19)20-18(23)22-6-2-3-15(13-22)12-21-7-9-24-10-8-21/h4-5,11,15H,2-3,6-10,12-13H2,1H3,(H,20,23)/t15-/m0/s1. The molecule has 0 radical (unpaired) electrons. The molecule has 0 bridgehead atoms. The van der Waals surface area contributed by atoms with Crippen LogP contribution < -0.4 is 5.32 Å². The van der Waals surface area contributed by atoms with Crippen LogP contribution in [0.3, 0.4) is 0 Å². The zero-order chi connectivity index (χ0) is 16.9. The van der Waals surface area contributed by atoms with Crippen LogP contribution in [0, 0.1) is 18.7 Å². The number of ether oxygens (including phenoxy) is 1. The van der Waals surface area contributed by atoms with Gasteiger partial charge in [-0.15, -0.1) is 0 Å². The molecular formula is C18H26FN3O2. The fourth-order valence-corrected chi connectivity index (χ4v) is 3.47. The molecule has 1 aromatic rings. The fourth-order valence-electron chi connectivity index (χ4n) is 3.47. The number of hydrogen-bond acceptors (Lipinski definition) is 3. The summed E-state index contributed by atoms with van der Waals surface area (Å²) >= 11 is 0. The number of rotatable bonds is 3. The topological polar surface area (TPSA) is 44.8 Å². The molecule has 2 amide bonds. The molecule has 1 aromatic carbocycles. The molecule has 0 aromatic heterocycles. The predicted molar refractivity (Wildman–Crippen MR) is 91.7 cm³/mol. The Morgan fingerprint density at radius 3 is 2.88 bits per heavy atom. The van der Waals surface area contributed by atoms with Gasteiger partial charge in [0.2, 0.25) is 0 Å². The van der Waals surface area contributed by atoms with Gasteiger partial charge in [0.1, 0.15) is 5.82 Å². The molecular weight excluding hydrogens is 309 g/mol. The minimum absolute atomic E-state index is 0.0901. The Balaban J connectivity index is 1.53. The van der Waals surface area contributed by atoms with E-state index in [9.17, 15) is 9.18 Å². The Hall–Kier alpha value is -1.66. The van der Waals surface area contributed by atoms with Gasteiger partial charge in [0, 0.05) is 38.4 Å². The van der Waals surface area contributed by atoms with Crippen LogP contribution in [0.15, 0.2) is 18.2 Å². The van der Waals surface area contributed by atoms with E-state index in [1.54, 1.807) is 19.1 Å². The summed E-state index contributed by atoms with van der Waals surface area (Å²) in [5.41, 5.74) is 1.19. The lowest BCUT2D eigenvalue weighted by molar-refractivity contribution is 0.0252. The van der Waals surface area contributed by atoms with Crippen molar-refractivity contribution < 1.29 is 13.9 Å². The SMILES string of the molecule is Cc1cc(NC(=O)N2CCC[C@@H](CN3CCOCC3)C2)ccc1F. The Labute approximate surface area is 142 Å². The van der Waals surface area contributed by atoms with Crippen molar-refractivity contribution in [2.75, 3.05) is 51.3 Å². The second kappa shape index (κ2) is 7.94. The normalized spacial score (nSPS) is 22.4. The van der Waals surface area contributed by atoms with Gasteiger partial charge in [0.05, 0.1) is 13.2 Å². The number of carbonyl (C=O) groups is 1. The summed E-state index contributed by atoms with van der Waals surface area (Å²) in [4.78, 5) is 16.8. The van der Waals surface area contributed by atoms with E-state index in [4.69, 9.17) is 4.74 Å². The summed E-state index contributed by atoms with van der Waals surface area (Å²) in [5, 5.41) is 2.89. The highest BCUT2D eigenvalue weighted by Crippen LogP contribution is 2.20. The largest absolute Gasteiger partial charge is 0.379 e. The van der Waals surface area contributed by atoms with E-state index in [0.29, 0.717) is 17.2 Å². The molecule has 2 saturated heterocycles. The van der Waals surface area contributed by atoms with E-state index in [2.05, 4.69) is 10.2 Å². The third kappa shape index (κ3) is 4.45. The number of anilines is 1. The predicted octanol–water partition coefficient (Wildman–Crippen LogP) is 2.71. The van der Waals surface area contributed by atoms with E-state index in [1.165, 1.54) is 6.07 Å². The number of piperidine rings is 1. The summed E-state index contributed by atoms with van der Waals surface area (Å²) in [6, 6.07) is 4.58. The molecule has 0 unspecified atom stereocenters. The first-order valence-corrected chi connectivity index (χ1v) is 8.74. The molecule has 3 rings (SSSR count). The molecule has 132 valence electrons. The summed E-state index contributed by atoms with van der Waals surface area (Å²) < 4.78 is 18.7. The van der Waals surface area contributed by atoms with Crippen LogP contribution in [-0.4, -0.2) is 61.8 Å². The highest BCUT2D eigenvalue weighted by Gasteiger charge is 2.26. The molecule has 0 spiro atoms. The highest BCUT2D eigenvalue weighted by molar-refractivity contribution is 5.89. The van der Waals surface area contributed by atoms with Crippen molar-refractivity contribution in [2.45, 2.75) is 19.8 Å². The number of nitrogens with zero attached hydrogens (tertiary/aromatic N) is 2. The molecule has 6 heteroatoms. The molecule has 0 saturated carbocycles. The Morgan fingerprint density at radius 1 is 1.33 bits per heavy atom. The van der Waals surface area contributed by atoms with Gasteiger partial charge in [-0.05, 0) is 49.4 Å². The van der Waals surface area contributed by atoms with Crippen molar-refractivity contribution in [2.24, 2.45) is 5.92 Å². The minimum Gasteiger partial charge on any atom is -0.379 e. The maximum atomic E-state index is 13.3. The summed E-state index contributed by atoms with van der Waals surface area (Å²) in [5.74, 6) is 0.258. The molecule has 24 heavy (non-hydrogen) atoms. The Bertz CT molecular complexity index is 575. The quantitative estimate of drug-likeness (QED) is 0.924. The minimum atomic E-state index is -0.253. The van der Waals surface area contributed by atoms with Crippen LogP contribution >= 0.6 is 0 Å². The average molecular weight is 335 g/mol. The number of amides is 2. The third-order valence-corrected chi connectivity index (χ3v) is 4.84. The lowest BCUT2D eigenvalue weighted by atomic mass is 9.97. The number of nitrogens with one attached hydrogen (secondary N) is 1. The van der Waals surface area contributed by atoms with Crippen molar-refractivity contribution >= 4 is 11.7 Å². The number of aryl methyl sites for hydroxylation is 1.